The fraction of sp³-hybridized carbons (Fsp3) is 0.615. The van der Waals surface area contributed by atoms with Gasteiger partial charge in [-0.25, -0.2) is 9.97 Å². The Labute approximate surface area is 115 Å². The number of aliphatic carboxylic acids is 1. The van der Waals surface area contributed by atoms with Crippen molar-refractivity contribution >= 4 is 5.97 Å². The van der Waals surface area contributed by atoms with E-state index >= 15 is 0 Å². The molecular weight excluding hydrogens is 273 g/mol. The van der Waals surface area contributed by atoms with Gasteiger partial charge in [-0.05, 0) is 11.0 Å². The van der Waals surface area contributed by atoms with Gasteiger partial charge in [0.2, 0.25) is 0 Å². The van der Waals surface area contributed by atoms with E-state index in [2.05, 4.69) is 9.97 Å². The lowest BCUT2D eigenvalue weighted by Gasteiger charge is -2.29. The summed E-state index contributed by atoms with van der Waals surface area (Å²) >= 11 is 0. The summed E-state index contributed by atoms with van der Waals surface area (Å²) in [5, 5.41) is 8.93. The molecule has 0 saturated carbocycles. The van der Waals surface area contributed by atoms with E-state index in [0.717, 1.165) is 0 Å². The van der Waals surface area contributed by atoms with E-state index in [1.807, 2.05) is 20.8 Å². The van der Waals surface area contributed by atoms with Gasteiger partial charge in [-0.2, -0.15) is 13.2 Å². The molecule has 20 heavy (non-hydrogen) atoms. The fourth-order valence-electron chi connectivity index (χ4n) is 1.91. The summed E-state index contributed by atoms with van der Waals surface area (Å²) in [6.45, 7) is 5.60. The molecule has 0 spiro atoms. The van der Waals surface area contributed by atoms with E-state index in [1.165, 1.54) is 12.4 Å². The summed E-state index contributed by atoms with van der Waals surface area (Å²) < 4.78 is 36.6. The van der Waals surface area contributed by atoms with E-state index in [0.29, 0.717) is 5.56 Å². The third-order valence-electron chi connectivity index (χ3n) is 2.91. The predicted molar refractivity (Wildman–Crippen MR) is 66.2 cm³/mol. The Morgan fingerprint density at radius 1 is 1.25 bits per heavy atom. The third-order valence-corrected chi connectivity index (χ3v) is 2.91. The molecule has 1 aromatic heterocycles. The third kappa shape index (κ3) is 5.14. The van der Waals surface area contributed by atoms with Gasteiger partial charge in [0.1, 0.15) is 12.2 Å². The first kappa shape index (κ1) is 16.4. The molecule has 1 aromatic rings. The summed E-state index contributed by atoms with van der Waals surface area (Å²) in [6, 6.07) is 0. The lowest BCUT2D eigenvalue weighted by Crippen LogP contribution is -2.22. The lowest BCUT2D eigenvalue weighted by molar-refractivity contribution is -0.138. The average Bonchev–Trinajstić information content (AvgIpc) is 2.23. The quantitative estimate of drug-likeness (QED) is 0.925. The maximum Gasteiger partial charge on any atom is 0.396 e. The fourth-order valence-corrected chi connectivity index (χ4v) is 1.91. The first-order valence-electron chi connectivity index (χ1n) is 6.08. The Balaban J connectivity index is 2.96. The van der Waals surface area contributed by atoms with Gasteiger partial charge in [-0.15, -0.1) is 0 Å². The standard InChI is InChI=1S/C13H17F3N2O2/c1-12(2,3)9(4-11(19)20)8-6-17-10(18-7-8)5-13(14,15)16/h6-7,9H,4-5H2,1-3H3,(H,19,20). The Kier molecular flexibility index (Phi) is 4.73. The highest BCUT2D eigenvalue weighted by Crippen LogP contribution is 2.37. The topological polar surface area (TPSA) is 63.1 Å². The summed E-state index contributed by atoms with van der Waals surface area (Å²) in [4.78, 5) is 18.3. The van der Waals surface area contributed by atoms with Crippen LogP contribution in [0.15, 0.2) is 12.4 Å². The average molecular weight is 290 g/mol. The molecule has 1 atom stereocenters. The van der Waals surface area contributed by atoms with E-state index < -0.39 is 18.6 Å². The van der Waals surface area contributed by atoms with Crippen LogP contribution in [0, 0.1) is 5.41 Å². The molecule has 0 aliphatic carbocycles. The number of halogens is 3. The number of alkyl halides is 3. The van der Waals surface area contributed by atoms with Crippen LogP contribution in [0.2, 0.25) is 0 Å². The van der Waals surface area contributed by atoms with Crippen molar-refractivity contribution in [3.8, 4) is 0 Å². The van der Waals surface area contributed by atoms with Crippen molar-refractivity contribution < 1.29 is 23.1 Å². The highest BCUT2D eigenvalue weighted by Gasteiger charge is 2.31. The molecular formula is C13H17F3N2O2. The maximum atomic E-state index is 12.2. The van der Waals surface area contributed by atoms with Crippen LogP contribution < -0.4 is 0 Å². The predicted octanol–water partition coefficient (Wildman–Crippen LogP) is 3.19. The number of aromatic nitrogens is 2. The van der Waals surface area contributed by atoms with Gasteiger partial charge in [0.15, 0.2) is 0 Å². The number of nitrogens with zero attached hydrogens (tertiary/aromatic N) is 2. The van der Waals surface area contributed by atoms with Crippen LogP contribution in [0.3, 0.4) is 0 Å². The Bertz CT molecular complexity index is 464. The van der Waals surface area contributed by atoms with E-state index in [-0.39, 0.29) is 23.6 Å². The molecule has 0 aliphatic rings. The molecule has 1 rings (SSSR count). The van der Waals surface area contributed by atoms with E-state index in [4.69, 9.17) is 5.11 Å². The molecule has 1 unspecified atom stereocenters. The number of rotatable bonds is 4. The van der Waals surface area contributed by atoms with Crippen molar-refractivity contribution in [1.29, 1.82) is 0 Å². The van der Waals surface area contributed by atoms with Crippen LogP contribution in [0.1, 0.15) is 44.5 Å². The molecule has 0 aliphatic heterocycles. The molecule has 0 amide bonds. The molecule has 0 fully saturated rings. The maximum absolute atomic E-state index is 12.2. The molecule has 0 aromatic carbocycles. The first-order valence-corrected chi connectivity index (χ1v) is 6.08. The van der Waals surface area contributed by atoms with Gasteiger partial charge in [-0.1, -0.05) is 20.8 Å². The van der Waals surface area contributed by atoms with Crippen LogP contribution in [0.5, 0.6) is 0 Å². The smallest absolute Gasteiger partial charge is 0.396 e. The summed E-state index contributed by atoms with van der Waals surface area (Å²) in [5.41, 5.74) is 0.179. The van der Waals surface area contributed by atoms with Crippen LogP contribution in [-0.2, 0) is 11.2 Å². The molecule has 112 valence electrons. The summed E-state index contributed by atoms with van der Waals surface area (Å²) in [7, 11) is 0. The number of hydrogen-bond acceptors (Lipinski definition) is 3. The van der Waals surface area contributed by atoms with Crippen molar-refractivity contribution in [3.05, 3.63) is 23.8 Å². The zero-order valence-corrected chi connectivity index (χ0v) is 11.5. The van der Waals surface area contributed by atoms with Gasteiger partial charge >= 0.3 is 12.1 Å². The van der Waals surface area contributed by atoms with Crippen molar-refractivity contribution in [2.45, 2.75) is 45.7 Å². The molecule has 7 heteroatoms. The number of hydrogen-bond donors (Lipinski definition) is 1. The molecule has 1 heterocycles. The molecule has 1 N–H and O–H groups in total. The second-order valence-corrected chi connectivity index (χ2v) is 5.74. The van der Waals surface area contributed by atoms with Crippen LogP contribution in [0.4, 0.5) is 13.2 Å². The van der Waals surface area contributed by atoms with Crippen LogP contribution in [-0.4, -0.2) is 27.2 Å². The van der Waals surface area contributed by atoms with Gasteiger partial charge in [0.25, 0.3) is 0 Å². The van der Waals surface area contributed by atoms with Gasteiger partial charge in [0.05, 0.1) is 6.42 Å². The summed E-state index contributed by atoms with van der Waals surface area (Å²) in [6.07, 6.45) is -3.09. The molecule has 0 radical (unpaired) electrons. The van der Waals surface area contributed by atoms with E-state index in [1.54, 1.807) is 0 Å². The lowest BCUT2D eigenvalue weighted by atomic mass is 9.75. The zero-order valence-electron chi connectivity index (χ0n) is 11.5. The Morgan fingerprint density at radius 2 is 1.75 bits per heavy atom. The highest BCUT2D eigenvalue weighted by atomic mass is 19.4. The Hall–Kier alpha value is -1.66. The normalized spacial score (nSPS) is 14.1. The monoisotopic (exact) mass is 290 g/mol. The number of carboxylic acids is 1. The van der Waals surface area contributed by atoms with Crippen LogP contribution in [0.25, 0.3) is 0 Å². The Morgan fingerprint density at radius 3 is 2.10 bits per heavy atom. The molecule has 4 nitrogen and oxygen atoms in total. The first-order chi connectivity index (χ1) is 8.99. The van der Waals surface area contributed by atoms with Crippen molar-refractivity contribution in [1.82, 2.24) is 9.97 Å². The van der Waals surface area contributed by atoms with E-state index in [9.17, 15) is 18.0 Å². The van der Waals surface area contributed by atoms with Gasteiger partial charge in [0, 0.05) is 18.3 Å². The number of carboxylic acid groups (broad SMARTS) is 1. The SMILES string of the molecule is CC(C)(C)C(CC(=O)O)c1cnc(CC(F)(F)F)nc1. The minimum atomic E-state index is -4.36. The summed E-state index contributed by atoms with van der Waals surface area (Å²) in [5.74, 6) is -1.64. The number of carbonyl (C=O) groups is 1. The van der Waals surface area contributed by atoms with Crippen molar-refractivity contribution in [2.75, 3.05) is 0 Å². The zero-order chi connectivity index (χ0) is 15.6. The highest BCUT2D eigenvalue weighted by molar-refractivity contribution is 5.68. The van der Waals surface area contributed by atoms with Gasteiger partial charge in [-0.3, -0.25) is 4.79 Å². The largest absolute Gasteiger partial charge is 0.481 e. The van der Waals surface area contributed by atoms with Crippen molar-refractivity contribution in [2.24, 2.45) is 5.41 Å². The second kappa shape index (κ2) is 5.76. The minimum absolute atomic E-state index is 0.120. The minimum Gasteiger partial charge on any atom is -0.481 e. The van der Waals surface area contributed by atoms with Gasteiger partial charge < -0.3 is 5.11 Å². The molecule has 0 saturated heterocycles. The second-order valence-electron chi connectivity index (χ2n) is 5.74. The molecule has 0 bridgehead atoms. The van der Waals surface area contributed by atoms with Crippen molar-refractivity contribution in [3.63, 3.8) is 0 Å². The van der Waals surface area contributed by atoms with Crippen LogP contribution >= 0.6 is 0 Å².